The van der Waals surface area contributed by atoms with E-state index in [0.717, 1.165) is 17.0 Å². The lowest BCUT2D eigenvalue weighted by atomic mass is 10.1. The zero-order chi connectivity index (χ0) is 18.0. The number of carbonyl (C=O) groups is 2. The Morgan fingerprint density at radius 1 is 1.08 bits per heavy atom. The van der Waals surface area contributed by atoms with Gasteiger partial charge in [0.15, 0.2) is 0 Å². The van der Waals surface area contributed by atoms with Crippen LogP contribution in [0.25, 0.3) is 0 Å². The van der Waals surface area contributed by atoms with E-state index in [4.69, 9.17) is 11.6 Å². The molecule has 1 aliphatic rings. The topological polar surface area (TPSA) is 56.4 Å². The fourth-order valence-corrected chi connectivity index (χ4v) is 3.39. The quantitative estimate of drug-likeness (QED) is 0.916. The molecule has 1 saturated heterocycles. The molecule has 132 valence electrons. The van der Waals surface area contributed by atoms with Crippen LogP contribution < -0.4 is 0 Å². The van der Waals surface area contributed by atoms with E-state index < -0.39 is 0 Å². The molecule has 1 aromatic carbocycles. The third-order valence-corrected chi connectivity index (χ3v) is 4.83. The molecule has 2 amide bonds. The molecule has 2 aromatic rings. The molecule has 1 aliphatic heterocycles. The molecule has 6 heteroatoms. The Balaban J connectivity index is 1.57. The average Bonchev–Trinajstić information content (AvgIpc) is 2.91. The van der Waals surface area contributed by atoms with E-state index in [0.29, 0.717) is 43.2 Å². The molecule has 25 heavy (non-hydrogen) atoms. The van der Waals surface area contributed by atoms with Crippen molar-refractivity contribution in [1.29, 1.82) is 0 Å². The van der Waals surface area contributed by atoms with Crippen LogP contribution in [0.3, 0.4) is 0 Å². The second-order valence-electron chi connectivity index (χ2n) is 6.46. The molecule has 1 N–H and O–H groups in total. The lowest BCUT2D eigenvalue weighted by Gasteiger charge is -2.35. The second kappa shape index (κ2) is 7.31. The minimum atomic E-state index is -0.0355. The summed E-state index contributed by atoms with van der Waals surface area (Å²) in [6.07, 6.45) is 0.401. The van der Waals surface area contributed by atoms with Gasteiger partial charge in [-0.15, -0.1) is 0 Å². The Labute approximate surface area is 152 Å². The van der Waals surface area contributed by atoms with Crippen LogP contribution in [0.4, 0.5) is 0 Å². The summed E-state index contributed by atoms with van der Waals surface area (Å²) >= 11 is 5.96. The molecule has 0 aliphatic carbocycles. The monoisotopic (exact) mass is 359 g/mol. The van der Waals surface area contributed by atoms with Gasteiger partial charge in [0.1, 0.15) is 0 Å². The lowest BCUT2D eigenvalue weighted by Crippen LogP contribution is -2.51. The van der Waals surface area contributed by atoms with E-state index in [-0.39, 0.29) is 11.8 Å². The van der Waals surface area contributed by atoms with E-state index in [1.807, 2.05) is 24.8 Å². The van der Waals surface area contributed by atoms with Crippen molar-refractivity contribution >= 4 is 23.4 Å². The smallest absolute Gasteiger partial charge is 0.254 e. The van der Waals surface area contributed by atoms with Crippen LogP contribution in [0.2, 0.25) is 5.02 Å². The normalized spacial score (nSPS) is 14.7. The van der Waals surface area contributed by atoms with Crippen LogP contribution in [0, 0.1) is 13.8 Å². The van der Waals surface area contributed by atoms with Crippen LogP contribution in [0.1, 0.15) is 27.3 Å². The van der Waals surface area contributed by atoms with E-state index in [1.165, 1.54) is 0 Å². The van der Waals surface area contributed by atoms with Crippen molar-refractivity contribution in [3.8, 4) is 0 Å². The van der Waals surface area contributed by atoms with Crippen LogP contribution in [-0.2, 0) is 11.2 Å². The molecule has 2 heterocycles. The molecule has 0 atom stereocenters. The number of hydrogen-bond donors (Lipinski definition) is 1. The number of aromatic nitrogens is 1. The number of nitrogens with zero attached hydrogens (tertiary/aromatic N) is 2. The standard InChI is InChI=1S/C19H22ClN3O2/c1-13-10-16(14(2)21-13)12-18(24)22-6-8-23(9-7-22)19(25)15-4-3-5-17(20)11-15/h3-5,10-11,21H,6-9,12H2,1-2H3. The minimum absolute atomic E-state index is 0.0355. The molecule has 5 nitrogen and oxygen atoms in total. The van der Waals surface area contributed by atoms with Crippen LogP contribution in [0.15, 0.2) is 30.3 Å². The van der Waals surface area contributed by atoms with Crippen molar-refractivity contribution in [2.45, 2.75) is 20.3 Å². The number of rotatable bonds is 3. The van der Waals surface area contributed by atoms with Crippen molar-refractivity contribution in [2.24, 2.45) is 0 Å². The fraction of sp³-hybridized carbons (Fsp3) is 0.368. The number of halogens is 1. The van der Waals surface area contributed by atoms with E-state index in [2.05, 4.69) is 4.98 Å². The number of benzene rings is 1. The maximum atomic E-state index is 12.5. The molecule has 0 spiro atoms. The fourth-order valence-electron chi connectivity index (χ4n) is 3.20. The van der Waals surface area contributed by atoms with Gasteiger partial charge in [0, 0.05) is 48.2 Å². The Morgan fingerprint density at radius 3 is 2.36 bits per heavy atom. The van der Waals surface area contributed by atoms with Crippen LogP contribution in [-0.4, -0.2) is 52.8 Å². The van der Waals surface area contributed by atoms with Gasteiger partial charge in [0.2, 0.25) is 5.91 Å². The van der Waals surface area contributed by atoms with Gasteiger partial charge in [0.25, 0.3) is 5.91 Å². The third kappa shape index (κ3) is 4.04. The van der Waals surface area contributed by atoms with Gasteiger partial charge in [-0.25, -0.2) is 0 Å². The first kappa shape index (κ1) is 17.5. The average molecular weight is 360 g/mol. The molecule has 3 rings (SSSR count). The number of H-pyrrole nitrogens is 1. The lowest BCUT2D eigenvalue weighted by molar-refractivity contribution is -0.131. The first-order chi connectivity index (χ1) is 11.9. The summed E-state index contributed by atoms with van der Waals surface area (Å²) in [5.41, 5.74) is 3.74. The van der Waals surface area contributed by atoms with Crippen LogP contribution >= 0.6 is 11.6 Å². The molecule has 0 saturated carbocycles. The second-order valence-corrected chi connectivity index (χ2v) is 6.90. The number of amides is 2. The summed E-state index contributed by atoms with van der Waals surface area (Å²) in [6.45, 7) is 6.18. The van der Waals surface area contributed by atoms with Crippen molar-refractivity contribution in [2.75, 3.05) is 26.2 Å². The summed E-state index contributed by atoms with van der Waals surface area (Å²) in [5.74, 6) is 0.0728. The predicted molar refractivity (Wildman–Crippen MR) is 97.9 cm³/mol. The Hall–Kier alpha value is -2.27. The largest absolute Gasteiger partial charge is 0.362 e. The number of carbonyl (C=O) groups excluding carboxylic acids is 2. The van der Waals surface area contributed by atoms with Gasteiger partial charge in [-0.1, -0.05) is 17.7 Å². The maximum absolute atomic E-state index is 12.5. The Morgan fingerprint density at radius 2 is 1.76 bits per heavy atom. The zero-order valence-electron chi connectivity index (χ0n) is 14.5. The number of piperazine rings is 1. The van der Waals surface area contributed by atoms with Gasteiger partial charge < -0.3 is 14.8 Å². The highest BCUT2D eigenvalue weighted by Gasteiger charge is 2.25. The number of aromatic amines is 1. The first-order valence-electron chi connectivity index (χ1n) is 8.42. The summed E-state index contributed by atoms with van der Waals surface area (Å²) in [7, 11) is 0. The molecule has 0 radical (unpaired) electrons. The van der Waals surface area contributed by atoms with E-state index in [1.54, 1.807) is 29.2 Å². The van der Waals surface area contributed by atoms with Gasteiger partial charge in [-0.3, -0.25) is 9.59 Å². The van der Waals surface area contributed by atoms with Gasteiger partial charge in [-0.05, 0) is 43.7 Å². The predicted octanol–water partition coefficient (Wildman–Crippen LogP) is 2.81. The third-order valence-electron chi connectivity index (χ3n) is 4.59. The number of nitrogens with one attached hydrogen (secondary N) is 1. The van der Waals surface area contributed by atoms with E-state index >= 15 is 0 Å². The summed E-state index contributed by atoms with van der Waals surface area (Å²) in [6, 6.07) is 8.99. The Kier molecular flexibility index (Phi) is 5.13. The SMILES string of the molecule is Cc1cc(CC(=O)N2CCN(C(=O)c3cccc(Cl)c3)CC2)c(C)[nH]1. The number of hydrogen-bond acceptors (Lipinski definition) is 2. The van der Waals surface area contributed by atoms with Crippen molar-refractivity contribution < 1.29 is 9.59 Å². The summed E-state index contributed by atoms with van der Waals surface area (Å²) < 4.78 is 0. The summed E-state index contributed by atoms with van der Waals surface area (Å²) in [5, 5.41) is 0.553. The van der Waals surface area contributed by atoms with Gasteiger partial charge in [0.05, 0.1) is 6.42 Å². The maximum Gasteiger partial charge on any atom is 0.254 e. The Bertz CT molecular complexity index is 792. The highest BCUT2D eigenvalue weighted by molar-refractivity contribution is 6.30. The molecule has 0 unspecified atom stereocenters. The molecular weight excluding hydrogens is 338 g/mol. The molecule has 1 aromatic heterocycles. The molecule has 1 fully saturated rings. The van der Waals surface area contributed by atoms with Crippen molar-refractivity contribution in [3.63, 3.8) is 0 Å². The highest BCUT2D eigenvalue weighted by atomic mass is 35.5. The first-order valence-corrected chi connectivity index (χ1v) is 8.79. The minimum Gasteiger partial charge on any atom is -0.362 e. The van der Waals surface area contributed by atoms with E-state index in [9.17, 15) is 9.59 Å². The number of aryl methyl sites for hydroxylation is 2. The summed E-state index contributed by atoms with van der Waals surface area (Å²) in [4.78, 5) is 31.9. The van der Waals surface area contributed by atoms with Gasteiger partial charge in [-0.2, -0.15) is 0 Å². The molecular formula is C19H22ClN3O2. The zero-order valence-corrected chi connectivity index (χ0v) is 15.3. The van der Waals surface area contributed by atoms with Crippen molar-refractivity contribution in [1.82, 2.24) is 14.8 Å². The van der Waals surface area contributed by atoms with Crippen LogP contribution in [0.5, 0.6) is 0 Å². The van der Waals surface area contributed by atoms with Crippen molar-refractivity contribution in [3.05, 3.63) is 57.9 Å². The van der Waals surface area contributed by atoms with Gasteiger partial charge >= 0.3 is 0 Å². The molecule has 0 bridgehead atoms. The highest BCUT2D eigenvalue weighted by Crippen LogP contribution is 2.16.